The maximum absolute atomic E-state index is 13.4. The number of pyridine rings is 2. The number of nitrogens with one attached hydrogen (secondary N) is 2. The number of fused-ring (bicyclic) bond motifs is 1. The molecule has 5 heterocycles. The monoisotopic (exact) mass is 529 g/mol. The number of hydrogen-bond acceptors (Lipinski definition) is 7. The van der Waals surface area contributed by atoms with Gasteiger partial charge in [0.25, 0.3) is 5.56 Å². The first kappa shape index (κ1) is 23.6. The van der Waals surface area contributed by atoms with Gasteiger partial charge in [-0.25, -0.2) is 14.8 Å². The van der Waals surface area contributed by atoms with Gasteiger partial charge in [-0.15, -0.1) is 5.10 Å². The van der Waals surface area contributed by atoms with Crippen molar-refractivity contribution in [1.29, 1.82) is 0 Å². The minimum absolute atomic E-state index is 0.150. The molecule has 1 amide bonds. The topological polar surface area (TPSA) is 156 Å². The zero-order valence-electron chi connectivity index (χ0n) is 20.0. The lowest BCUT2D eigenvalue weighted by molar-refractivity contribution is 0.209. The molecule has 12 nitrogen and oxygen atoms in total. The van der Waals surface area contributed by atoms with Crippen LogP contribution in [0.2, 0.25) is 5.02 Å². The summed E-state index contributed by atoms with van der Waals surface area (Å²) < 4.78 is 3.29. The Morgan fingerprint density at radius 3 is 2.79 bits per heavy atom. The second-order valence-electron chi connectivity index (χ2n) is 8.91. The van der Waals surface area contributed by atoms with Gasteiger partial charge in [0.2, 0.25) is 0 Å². The Morgan fingerprint density at radius 1 is 1.16 bits per heavy atom. The number of tetrazole rings is 1. The summed E-state index contributed by atoms with van der Waals surface area (Å²) in [6.45, 7) is 1.86. The largest absolute Gasteiger partial charge is 0.465 e. The minimum atomic E-state index is -1.18. The van der Waals surface area contributed by atoms with Gasteiger partial charge in [0.15, 0.2) is 0 Å². The maximum Gasteiger partial charge on any atom is 0.410 e. The summed E-state index contributed by atoms with van der Waals surface area (Å²) in [6, 6.07) is 10.3. The number of rotatable bonds is 5. The quantitative estimate of drug-likeness (QED) is 0.310. The number of aryl methyl sites for hydroxylation is 2. The molecular weight excluding hydrogens is 510 g/mol. The number of benzene rings is 1. The van der Waals surface area contributed by atoms with E-state index >= 15 is 0 Å². The third-order valence-corrected chi connectivity index (χ3v) is 6.78. The van der Waals surface area contributed by atoms with Crippen LogP contribution in [-0.2, 0) is 6.42 Å². The molecule has 13 heteroatoms. The van der Waals surface area contributed by atoms with Crippen molar-refractivity contribution in [1.82, 2.24) is 39.7 Å². The lowest BCUT2D eigenvalue weighted by Gasteiger charge is -2.15. The fraction of sp³-hybridized carbons (Fsp3) is 0.160. The molecule has 0 fully saturated rings. The number of carbonyl (C=O) groups is 1. The molecule has 0 unspecified atom stereocenters. The van der Waals surface area contributed by atoms with Crippen molar-refractivity contribution in [3.05, 3.63) is 87.6 Å². The van der Waals surface area contributed by atoms with Crippen LogP contribution in [0.1, 0.15) is 29.5 Å². The van der Waals surface area contributed by atoms with Crippen LogP contribution in [0.15, 0.2) is 59.9 Å². The van der Waals surface area contributed by atoms with Gasteiger partial charge >= 0.3 is 6.09 Å². The second kappa shape index (κ2) is 9.23. The van der Waals surface area contributed by atoms with Crippen molar-refractivity contribution in [2.24, 2.45) is 0 Å². The Hall–Kier alpha value is -4.84. The van der Waals surface area contributed by atoms with Crippen molar-refractivity contribution >= 4 is 23.5 Å². The van der Waals surface area contributed by atoms with Crippen LogP contribution in [0.4, 0.5) is 10.6 Å². The van der Waals surface area contributed by atoms with Crippen molar-refractivity contribution in [2.45, 2.75) is 25.8 Å². The van der Waals surface area contributed by atoms with E-state index in [0.717, 1.165) is 33.6 Å². The number of hydrogen-bond donors (Lipinski definition) is 3. The molecule has 0 saturated carbocycles. The lowest BCUT2D eigenvalue weighted by Crippen LogP contribution is -2.23. The van der Waals surface area contributed by atoms with E-state index in [9.17, 15) is 9.59 Å². The third-order valence-electron chi connectivity index (χ3n) is 6.55. The van der Waals surface area contributed by atoms with Gasteiger partial charge in [-0.1, -0.05) is 11.6 Å². The molecule has 5 aromatic rings. The maximum atomic E-state index is 13.4. The molecule has 0 spiro atoms. The first-order valence-corrected chi connectivity index (χ1v) is 12.1. The Kier molecular flexibility index (Phi) is 5.72. The number of carboxylic acid groups (broad SMARTS) is 1. The first-order valence-electron chi connectivity index (χ1n) is 11.7. The number of imidazole rings is 1. The Morgan fingerprint density at radius 2 is 2.03 bits per heavy atom. The summed E-state index contributed by atoms with van der Waals surface area (Å²) in [4.78, 5) is 36.4. The number of amides is 1. The molecule has 4 aromatic heterocycles. The van der Waals surface area contributed by atoms with E-state index in [-0.39, 0.29) is 17.4 Å². The van der Waals surface area contributed by atoms with E-state index in [1.54, 1.807) is 41.2 Å². The lowest BCUT2D eigenvalue weighted by atomic mass is 10.0. The van der Waals surface area contributed by atoms with Gasteiger partial charge in [-0.3, -0.25) is 10.1 Å². The van der Waals surface area contributed by atoms with Crippen molar-refractivity contribution in [3.63, 3.8) is 0 Å². The number of aromatic amines is 1. The highest BCUT2D eigenvalue weighted by molar-refractivity contribution is 6.31. The average molecular weight is 530 g/mol. The zero-order chi connectivity index (χ0) is 26.4. The van der Waals surface area contributed by atoms with Gasteiger partial charge in [0.1, 0.15) is 18.0 Å². The minimum Gasteiger partial charge on any atom is -0.465 e. The number of H-pyrrole nitrogens is 1. The Bertz CT molecular complexity index is 1740. The highest BCUT2D eigenvalue weighted by Gasteiger charge is 2.28. The zero-order valence-corrected chi connectivity index (χ0v) is 20.7. The summed E-state index contributed by atoms with van der Waals surface area (Å²) in [5, 5.41) is 23.1. The predicted octanol–water partition coefficient (Wildman–Crippen LogP) is 3.86. The van der Waals surface area contributed by atoms with Gasteiger partial charge in [0.05, 0.1) is 23.6 Å². The molecule has 1 atom stereocenters. The van der Waals surface area contributed by atoms with Crippen LogP contribution in [0.3, 0.4) is 0 Å². The third kappa shape index (κ3) is 4.20. The van der Waals surface area contributed by atoms with Crippen molar-refractivity contribution < 1.29 is 9.90 Å². The van der Waals surface area contributed by atoms with E-state index < -0.39 is 6.09 Å². The molecule has 0 bridgehead atoms. The number of anilines is 1. The van der Waals surface area contributed by atoms with Crippen molar-refractivity contribution in [2.75, 3.05) is 5.32 Å². The molecule has 38 heavy (non-hydrogen) atoms. The summed E-state index contributed by atoms with van der Waals surface area (Å²) in [6.07, 6.45) is 5.01. The second-order valence-corrected chi connectivity index (χ2v) is 9.35. The molecule has 6 rings (SSSR count). The van der Waals surface area contributed by atoms with E-state index in [1.165, 1.54) is 11.0 Å². The van der Waals surface area contributed by atoms with Crippen LogP contribution >= 0.6 is 11.6 Å². The van der Waals surface area contributed by atoms with Crippen LogP contribution in [-0.4, -0.2) is 50.9 Å². The molecule has 0 aliphatic carbocycles. The average Bonchev–Trinajstić information content (AvgIpc) is 3.64. The summed E-state index contributed by atoms with van der Waals surface area (Å²) in [5.74, 6) is 0.909. The Labute approximate surface area is 220 Å². The summed E-state index contributed by atoms with van der Waals surface area (Å²) in [7, 11) is 0. The first-order chi connectivity index (χ1) is 18.4. The van der Waals surface area contributed by atoms with Gasteiger partial charge < -0.3 is 14.7 Å². The van der Waals surface area contributed by atoms with Crippen LogP contribution in [0, 0.1) is 6.92 Å². The normalized spacial score (nSPS) is 14.4. The van der Waals surface area contributed by atoms with Crippen LogP contribution in [0.25, 0.3) is 28.1 Å². The molecule has 190 valence electrons. The highest BCUT2D eigenvalue weighted by Crippen LogP contribution is 2.34. The fourth-order valence-electron chi connectivity index (χ4n) is 4.88. The van der Waals surface area contributed by atoms with Crippen LogP contribution in [0.5, 0.6) is 0 Å². The van der Waals surface area contributed by atoms with Gasteiger partial charge in [-0.05, 0) is 71.7 Å². The molecule has 0 radical (unpaired) electrons. The standard InChI is InChI=1S/C25H20ClN9O3/c1-13-6-22(31-25(37)38)27-10-18(13)19-11-28-24(30-19)21-5-3-16-7-14(8-23(36)35(16)21)17-9-15(26)2-4-20(17)34-12-29-32-33-34/h2,4,6-12,21H,3,5H2,1H3,(H,27,31)(H,28,30)(H,37,38)/t21-/m0/s1. The van der Waals surface area contributed by atoms with E-state index in [4.69, 9.17) is 16.7 Å². The van der Waals surface area contributed by atoms with Crippen molar-refractivity contribution in [3.8, 4) is 28.1 Å². The molecule has 3 N–H and O–H groups in total. The van der Waals surface area contributed by atoms with E-state index in [1.807, 2.05) is 19.1 Å². The molecule has 0 saturated heterocycles. The molecule has 1 aromatic carbocycles. The smallest absolute Gasteiger partial charge is 0.410 e. The molecular formula is C25H20ClN9O3. The fourth-order valence-corrected chi connectivity index (χ4v) is 5.05. The summed E-state index contributed by atoms with van der Waals surface area (Å²) >= 11 is 6.29. The van der Waals surface area contributed by atoms with E-state index in [0.29, 0.717) is 29.4 Å². The Balaban J connectivity index is 1.34. The SMILES string of the molecule is Cc1cc(NC(=O)O)ncc1-c1cnc([C@@H]2CCc3cc(-c4cc(Cl)ccc4-n4cnnn4)cc(=O)n32)[nH]1. The molecule has 1 aliphatic rings. The number of aromatic nitrogens is 8. The number of nitrogens with zero attached hydrogens (tertiary/aromatic N) is 7. The van der Waals surface area contributed by atoms with Crippen LogP contribution < -0.4 is 10.9 Å². The highest BCUT2D eigenvalue weighted by atomic mass is 35.5. The summed E-state index contributed by atoms with van der Waals surface area (Å²) in [5.41, 5.74) is 5.27. The predicted molar refractivity (Wildman–Crippen MR) is 139 cm³/mol. The molecule has 1 aliphatic heterocycles. The van der Waals surface area contributed by atoms with Gasteiger partial charge in [-0.2, -0.15) is 4.68 Å². The van der Waals surface area contributed by atoms with E-state index in [2.05, 4.69) is 35.8 Å². The number of halogens is 1. The van der Waals surface area contributed by atoms with Gasteiger partial charge in [0, 0.05) is 34.1 Å².